The molecule has 5 nitrogen and oxygen atoms in total. The van der Waals surface area contributed by atoms with Crippen molar-refractivity contribution in [3.05, 3.63) is 28.7 Å². The molecule has 0 amide bonds. The van der Waals surface area contributed by atoms with E-state index in [-0.39, 0.29) is 12.4 Å². The summed E-state index contributed by atoms with van der Waals surface area (Å²) in [6.07, 6.45) is 1.83. The Bertz CT molecular complexity index is 565. The van der Waals surface area contributed by atoms with Crippen molar-refractivity contribution in [1.82, 2.24) is 14.6 Å². The van der Waals surface area contributed by atoms with Crippen LogP contribution in [0.5, 0.6) is 0 Å². The van der Waals surface area contributed by atoms with Crippen LogP contribution in [0.15, 0.2) is 12.3 Å². The first-order valence-electron chi connectivity index (χ1n) is 5.27. The maximum atomic E-state index is 11.3. The molecule has 6 heteroatoms. The number of rotatable bonds is 3. The summed E-state index contributed by atoms with van der Waals surface area (Å²) >= 11 is 5.84. The lowest BCUT2D eigenvalue weighted by atomic mass is 10.3. The van der Waals surface area contributed by atoms with E-state index in [1.807, 2.05) is 6.92 Å². The number of halogens is 1. The Hall–Kier alpha value is -1.62. The molecule has 2 rings (SSSR count). The molecule has 0 N–H and O–H groups in total. The van der Waals surface area contributed by atoms with Crippen LogP contribution in [-0.2, 0) is 16.0 Å². The van der Waals surface area contributed by atoms with E-state index < -0.39 is 0 Å². The van der Waals surface area contributed by atoms with E-state index in [4.69, 9.17) is 16.3 Å². The minimum Gasteiger partial charge on any atom is -0.466 e. The van der Waals surface area contributed by atoms with Gasteiger partial charge in [0, 0.05) is 0 Å². The van der Waals surface area contributed by atoms with Gasteiger partial charge < -0.3 is 4.74 Å². The van der Waals surface area contributed by atoms with E-state index in [0.717, 1.165) is 5.56 Å². The van der Waals surface area contributed by atoms with E-state index >= 15 is 0 Å². The van der Waals surface area contributed by atoms with Crippen LogP contribution in [0.4, 0.5) is 0 Å². The first-order chi connectivity index (χ1) is 8.10. The van der Waals surface area contributed by atoms with Crippen molar-refractivity contribution in [2.24, 2.45) is 0 Å². The number of fused-ring (bicyclic) bond motifs is 1. The third-order valence-corrected chi connectivity index (χ3v) is 2.44. The zero-order valence-electron chi connectivity index (χ0n) is 9.61. The summed E-state index contributed by atoms with van der Waals surface area (Å²) in [6, 6.07) is 1.73. The lowest BCUT2D eigenvalue weighted by molar-refractivity contribution is -0.142. The fourth-order valence-corrected chi connectivity index (χ4v) is 1.83. The van der Waals surface area contributed by atoms with Crippen molar-refractivity contribution in [1.29, 1.82) is 0 Å². The number of nitrogens with zero attached hydrogens (tertiary/aromatic N) is 3. The highest BCUT2D eigenvalue weighted by Crippen LogP contribution is 2.14. The number of carbonyl (C=O) groups excluding carboxylic acids is 1. The van der Waals surface area contributed by atoms with Gasteiger partial charge in [-0.1, -0.05) is 11.6 Å². The summed E-state index contributed by atoms with van der Waals surface area (Å²) in [5.41, 5.74) is 2.25. The highest BCUT2D eigenvalue weighted by Gasteiger charge is 2.10. The van der Waals surface area contributed by atoms with Crippen LogP contribution in [0.2, 0.25) is 5.15 Å². The molecule has 0 aliphatic heterocycles. The fraction of sp³-hybridized carbons (Fsp3) is 0.364. The molecular formula is C11H12ClN3O2. The van der Waals surface area contributed by atoms with Crippen molar-refractivity contribution >= 4 is 23.2 Å². The van der Waals surface area contributed by atoms with Gasteiger partial charge in [-0.05, 0) is 25.5 Å². The quantitative estimate of drug-likeness (QED) is 0.783. The summed E-state index contributed by atoms with van der Waals surface area (Å²) < 4.78 is 6.44. The standard InChI is InChI=1S/C11H12ClN3O2/c1-3-17-10(16)5-8-6-15-11(13-8)7(2)4-9(12)14-15/h4,6H,3,5H2,1-2H3. The van der Waals surface area contributed by atoms with Gasteiger partial charge in [-0.15, -0.1) is 0 Å². The molecule has 0 radical (unpaired) electrons. The lowest BCUT2D eigenvalue weighted by Crippen LogP contribution is -2.07. The van der Waals surface area contributed by atoms with E-state index in [0.29, 0.717) is 23.1 Å². The second-order valence-corrected chi connectivity index (χ2v) is 4.02. The molecule has 0 saturated heterocycles. The molecule has 90 valence electrons. The number of carbonyl (C=O) groups is 1. The molecule has 0 bridgehead atoms. The van der Waals surface area contributed by atoms with E-state index in [1.54, 1.807) is 23.7 Å². The largest absolute Gasteiger partial charge is 0.466 e. The summed E-state index contributed by atoms with van der Waals surface area (Å²) in [7, 11) is 0. The van der Waals surface area contributed by atoms with Crippen molar-refractivity contribution in [2.75, 3.05) is 6.61 Å². The van der Waals surface area contributed by atoms with Crippen LogP contribution in [-0.4, -0.2) is 27.2 Å². The number of aromatic nitrogens is 3. The molecule has 0 atom stereocenters. The van der Waals surface area contributed by atoms with Crippen LogP contribution >= 0.6 is 11.6 Å². The zero-order chi connectivity index (χ0) is 12.4. The van der Waals surface area contributed by atoms with Gasteiger partial charge >= 0.3 is 5.97 Å². The minimum atomic E-state index is -0.292. The van der Waals surface area contributed by atoms with Crippen molar-refractivity contribution < 1.29 is 9.53 Å². The van der Waals surface area contributed by atoms with Gasteiger partial charge in [0.15, 0.2) is 5.65 Å². The number of hydrogen-bond acceptors (Lipinski definition) is 4. The van der Waals surface area contributed by atoms with Gasteiger partial charge in [0.05, 0.1) is 24.9 Å². The van der Waals surface area contributed by atoms with E-state index in [2.05, 4.69) is 10.1 Å². The average Bonchev–Trinajstić information content (AvgIpc) is 2.60. The lowest BCUT2D eigenvalue weighted by Gasteiger charge is -1.97. The topological polar surface area (TPSA) is 56.5 Å². The van der Waals surface area contributed by atoms with E-state index in [1.165, 1.54) is 0 Å². The summed E-state index contributed by atoms with van der Waals surface area (Å²) in [4.78, 5) is 15.6. The van der Waals surface area contributed by atoms with Gasteiger partial charge in [0.1, 0.15) is 5.15 Å². The summed E-state index contributed by atoms with van der Waals surface area (Å²) in [5, 5.41) is 4.48. The van der Waals surface area contributed by atoms with Crippen LogP contribution in [0.25, 0.3) is 5.65 Å². The van der Waals surface area contributed by atoms with Crippen molar-refractivity contribution in [3.8, 4) is 0 Å². The molecule has 0 fully saturated rings. The predicted molar refractivity (Wildman–Crippen MR) is 63.1 cm³/mol. The Morgan fingerprint density at radius 3 is 3.06 bits per heavy atom. The maximum absolute atomic E-state index is 11.3. The molecule has 0 spiro atoms. The first kappa shape index (κ1) is 11.9. The summed E-state index contributed by atoms with van der Waals surface area (Å²) in [5.74, 6) is -0.292. The molecule has 2 aromatic heterocycles. The van der Waals surface area contributed by atoms with Crippen molar-refractivity contribution in [3.63, 3.8) is 0 Å². The zero-order valence-corrected chi connectivity index (χ0v) is 10.4. The molecular weight excluding hydrogens is 242 g/mol. The second kappa shape index (κ2) is 4.71. The Balaban J connectivity index is 2.32. The Morgan fingerprint density at radius 1 is 1.59 bits per heavy atom. The third kappa shape index (κ3) is 2.55. The summed E-state index contributed by atoms with van der Waals surface area (Å²) in [6.45, 7) is 4.03. The van der Waals surface area contributed by atoms with Gasteiger partial charge in [-0.2, -0.15) is 5.10 Å². The van der Waals surface area contributed by atoms with Crippen LogP contribution < -0.4 is 0 Å². The minimum absolute atomic E-state index is 0.147. The number of aryl methyl sites for hydroxylation is 1. The van der Waals surface area contributed by atoms with Gasteiger partial charge in [-0.25, -0.2) is 9.50 Å². The number of esters is 1. The average molecular weight is 254 g/mol. The number of ether oxygens (including phenoxy) is 1. The Labute approximate surface area is 103 Å². The normalized spacial score (nSPS) is 10.8. The fourth-order valence-electron chi connectivity index (χ4n) is 1.58. The number of hydrogen-bond donors (Lipinski definition) is 0. The second-order valence-electron chi connectivity index (χ2n) is 3.63. The predicted octanol–water partition coefficient (Wildman–Crippen LogP) is 1.80. The molecule has 2 heterocycles. The molecule has 17 heavy (non-hydrogen) atoms. The molecule has 2 aromatic rings. The smallest absolute Gasteiger partial charge is 0.311 e. The van der Waals surface area contributed by atoms with Crippen LogP contribution in [0, 0.1) is 6.92 Å². The highest BCUT2D eigenvalue weighted by atomic mass is 35.5. The maximum Gasteiger partial charge on any atom is 0.311 e. The SMILES string of the molecule is CCOC(=O)Cc1cn2nc(Cl)cc(C)c2n1. The molecule has 0 aliphatic rings. The monoisotopic (exact) mass is 253 g/mol. The molecule has 0 saturated carbocycles. The van der Waals surface area contributed by atoms with Gasteiger partial charge in [0.25, 0.3) is 0 Å². The van der Waals surface area contributed by atoms with Crippen LogP contribution in [0.3, 0.4) is 0 Å². The van der Waals surface area contributed by atoms with Gasteiger partial charge in [0.2, 0.25) is 0 Å². The first-order valence-corrected chi connectivity index (χ1v) is 5.65. The highest BCUT2D eigenvalue weighted by molar-refractivity contribution is 6.29. The Morgan fingerprint density at radius 2 is 2.35 bits per heavy atom. The Kier molecular flexibility index (Phi) is 3.28. The molecule has 0 aromatic carbocycles. The van der Waals surface area contributed by atoms with E-state index in [9.17, 15) is 4.79 Å². The van der Waals surface area contributed by atoms with Gasteiger partial charge in [-0.3, -0.25) is 4.79 Å². The van der Waals surface area contributed by atoms with Crippen molar-refractivity contribution in [2.45, 2.75) is 20.3 Å². The third-order valence-electron chi connectivity index (χ3n) is 2.26. The molecule has 0 aliphatic carbocycles. The number of imidazole rings is 1. The van der Waals surface area contributed by atoms with Crippen LogP contribution in [0.1, 0.15) is 18.2 Å². The molecule has 0 unspecified atom stereocenters.